The summed E-state index contributed by atoms with van der Waals surface area (Å²) >= 11 is 0. The Bertz CT molecular complexity index is 1100. The number of nitrogens with two attached hydrogens (primary N) is 3. The lowest BCUT2D eigenvalue weighted by Gasteiger charge is -2.51. The average molecular weight is 431 g/mol. The number of hydrogen-bond acceptors (Lipinski definition) is 10. The Balaban J connectivity index is 1.91. The summed E-state index contributed by atoms with van der Waals surface area (Å²) in [5.74, 6) is -13.6. The van der Waals surface area contributed by atoms with Gasteiger partial charge >= 0.3 is 0 Å². The van der Waals surface area contributed by atoms with Crippen molar-refractivity contribution in [2.24, 2.45) is 29.4 Å². The number of carbonyl (C=O) groups excluding carboxylic acids is 5. The highest BCUT2D eigenvalue weighted by Crippen LogP contribution is 2.55. The molecule has 0 spiro atoms. The molecule has 7 atom stereocenters. The number of aromatic hydroxyl groups is 1. The third-order valence-corrected chi connectivity index (χ3v) is 7.06. The summed E-state index contributed by atoms with van der Waals surface area (Å²) in [6.45, 7) is 1.64. The first-order valence-electron chi connectivity index (χ1n) is 9.62. The molecule has 2 unspecified atom stereocenters. The fourth-order valence-electron chi connectivity index (χ4n) is 5.51. The van der Waals surface area contributed by atoms with Crippen LogP contribution >= 0.6 is 0 Å². The summed E-state index contributed by atoms with van der Waals surface area (Å²) < 4.78 is 0. The van der Waals surface area contributed by atoms with E-state index in [0.29, 0.717) is 0 Å². The van der Waals surface area contributed by atoms with Gasteiger partial charge in [0.05, 0.1) is 17.2 Å². The van der Waals surface area contributed by atoms with Crippen LogP contribution in [0.25, 0.3) is 0 Å². The van der Waals surface area contributed by atoms with Crippen molar-refractivity contribution in [3.05, 3.63) is 17.2 Å². The molecule has 31 heavy (non-hydrogen) atoms. The van der Waals surface area contributed by atoms with E-state index in [1.807, 2.05) is 0 Å². The number of nitrogen functional groups attached to an aromatic ring is 2. The smallest absolute Gasteiger partial charge is 0.235 e. The van der Waals surface area contributed by atoms with Crippen LogP contribution in [0, 0.1) is 23.7 Å². The van der Waals surface area contributed by atoms with E-state index in [2.05, 4.69) is 0 Å². The van der Waals surface area contributed by atoms with Crippen molar-refractivity contribution in [3.8, 4) is 5.75 Å². The summed E-state index contributed by atoms with van der Waals surface area (Å²) in [6, 6.07) is 1.28. The molecule has 0 aromatic heterocycles. The number of benzene rings is 1. The number of Topliss-reactive ketones (excluding diaryl/α,β-unsaturated/α-hetero) is 4. The van der Waals surface area contributed by atoms with Gasteiger partial charge in [-0.25, -0.2) is 0 Å². The topological polar surface area (TPSA) is 224 Å². The molecular formula is C20H21N3O8. The summed E-state index contributed by atoms with van der Waals surface area (Å²) in [4.78, 5) is 63.6. The number of phenols is 1. The molecule has 2 fully saturated rings. The number of anilines is 2. The van der Waals surface area contributed by atoms with Crippen LogP contribution in [0.2, 0.25) is 0 Å². The lowest BCUT2D eigenvalue weighted by Crippen LogP contribution is -2.72. The van der Waals surface area contributed by atoms with Crippen molar-refractivity contribution in [2.75, 3.05) is 11.5 Å². The van der Waals surface area contributed by atoms with Gasteiger partial charge in [-0.3, -0.25) is 24.0 Å². The number of primary amides is 1. The molecule has 3 aliphatic carbocycles. The van der Waals surface area contributed by atoms with Gasteiger partial charge in [0, 0.05) is 11.6 Å². The summed E-state index contributed by atoms with van der Waals surface area (Å²) in [5.41, 5.74) is 13.8. The normalized spacial score (nSPS) is 37.1. The minimum Gasteiger partial charge on any atom is -0.505 e. The average Bonchev–Trinajstić information content (AvgIpc) is 2.68. The number of amides is 1. The zero-order valence-corrected chi connectivity index (χ0v) is 16.4. The van der Waals surface area contributed by atoms with E-state index in [9.17, 15) is 39.3 Å². The van der Waals surface area contributed by atoms with Gasteiger partial charge in [-0.05, 0) is 29.9 Å². The van der Waals surface area contributed by atoms with E-state index in [0.717, 1.165) is 0 Å². The van der Waals surface area contributed by atoms with E-state index < -0.39 is 76.1 Å². The lowest BCUT2D eigenvalue weighted by atomic mass is 9.51. The monoisotopic (exact) mass is 431 g/mol. The van der Waals surface area contributed by atoms with Gasteiger partial charge in [-0.2, -0.15) is 0 Å². The molecule has 1 aromatic rings. The van der Waals surface area contributed by atoms with Gasteiger partial charge in [0.25, 0.3) is 0 Å². The Labute approximate surface area is 175 Å². The zero-order chi connectivity index (χ0) is 23.2. The molecule has 0 bridgehead atoms. The second-order valence-electron chi connectivity index (χ2n) is 8.51. The van der Waals surface area contributed by atoms with Gasteiger partial charge in [-0.15, -0.1) is 0 Å². The van der Waals surface area contributed by atoms with Gasteiger partial charge in [0.2, 0.25) is 5.91 Å². The predicted molar refractivity (Wildman–Crippen MR) is 103 cm³/mol. The fourth-order valence-corrected chi connectivity index (χ4v) is 5.51. The van der Waals surface area contributed by atoms with Crippen LogP contribution in [0.4, 0.5) is 11.4 Å². The second-order valence-corrected chi connectivity index (χ2v) is 8.51. The van der Waals surface area contributed by atoms with Crippen molar-refractivity contribution in [2.45, 2.75) is 31.0 Å². The molecule has 0 aliphatic heterocycles. The van der Waals surface area contributed by atoms with Gasteiger partial charge < -0.3 is 32.5 Å². The molecule has 1 amide bonds. The van der Waals surface area contributed by atoms with Gasteiger partial charge in [0.1, 0.15) is 11.9 Å². The number of hydrogen-bond donors (Lipinski definition) is 6. The summed E-state index contributed by atoms with van der Waals surface area (Å²) in [7, 11) is 0. The van der Waals surface area contributed by atoms with E-state index in [-0.39, 0.29) is 28.9 Å². The van der Waals surface area contributed by atoms with Crippen LogP contribution in [-0.4, -0.2) is 56.1 Å². The summed E-state index contributed by atoms with van der Waals surface area (Å²) in [5, 5.41) is 32.0. The number of fused-ring (bicyclic) bond motifs is 3. The van der Waals surface area contributed by atoms with Crippen molar-refractivity contribution < 1.29 is 39.3 Å². The second kappa shape index (κ2) is 6.34. The van der Waals surface area contributed by atoms with Crippen LogP contribution in [0.15, 0.2) is 6.07 Å². The van der Waals surface area contributed by atoms with Crippen molar-refractivity contribution >= 4 is 40.4 Å². The highest BCUT2D eigenvalue weighted by atomic mass is 16.3. The molecular weight excluding hydrogens is 410 g/mol. The molecule has 2 saturated carbocycles. The van der Waals surface area contributed by atoms with Crippen LogP contribution in [0.3, 0.4) is 0 Å². The number of phenolic OH excluding ortho intramolecular Hbond substituents is 1. The van der Waals surface area contributed by atoms with Crippen molar-refractivity contribution in [1.82, 2.24) is 0 Å². The lowest BCUT2D eigenvalue weighted by molar-refractivity contribution is -0.186. The van der Waals surface area contributed by atoms with Gasteiger partial charge in [0.15, 0.2) is 34.7 Å². The number of ketones is 4. The molecule has 9 N–H and O–H groups in total. The molecule has 11 heteroatoms. The third kappa shape index (κ3) is 2.38. The molecule has 164 valence electrons. The molecule has 0 saturated heterocycles. The first kappa shape index (κ1) is 20.9. The summed E-state index contributed by atoms with van der Waals surface area (Å²) in [6.07, 6.45) is -2.26. The minimum atomic E-state index is -2.96. The van der Waals surface area contributed by atoms with E-state index in [1.165, 1.54) is 6.07 Å². The molecule has 11 nitrogen and oxygen atoms in total. The van der Waals surface area contributed by atoms with Crippen LogP contribution < -0.4 is 17.2 Å². The largest absolute Gasteiger partial charge is 0.505 e. The standard InChI is InChI=1S/C20H21N3O8/c1-4-5-2-6-13(24)16(27)12(19(23)30)18(29)20(6,31)17(28)10(5)15(26)11-9(4)7(21)3-8(22)14(11)25/h3-6,10,12-13,24-25,31H,2,21-22H2,1H3,(H2,23,30)/t4-,5+,6-,10?,12?,13+,20-/m0/s1. The Morgan fingerprint density at radius 1 is 1.13 bits per heavy atom. The van der Waals surface area contributed by atoms with Crippen molar-refractivity contribution in [1.29, 1.82) is 0 Å². The zero-order valence-electron chi connectivity index (χ0n) is 16.4. The highest BCUT2D eigenvalue weighted by Gasteiger charge is 2.69. The minimum absolute atomic E-state index is 0.114. The molecule has 3 aliphatic rings. The molecule has 1 aromatic carbocycles. The molecule has 0 heterocycles. The van der Waals surface area contributed by atoms with Crippen LogP contribution in [0.1, 0.15) is 35.2 Å². The van der Waals surface area contributed by atoms with E-state index >= 15 is 0 Å². The van der Waals surface area contributed by atoms with Crippen LogP contribution in [-0.2, 0) is 19.2 Å². The van der Waals surface area contributed by atoms with Gasteiger partial charge in [-0.1, -0.05) is 6.92 Å². The first-order valence-corrected chi connectivity index (χ1v) is 9.62. The Morgan fingerprint density at radius 3 is 2.32 bits per heavy atom. The Kier molecular flexibility index (Phi) is 4.29. The number of rotatable bonds is 1. The maximum absolute atomic E-state index is 13.4. The number of aliphatic hydroxyl groups excluding tert-OH is 1. The number of aliphatic hydroxyl groups is 2. The number of carbonyl (C=O) groups is 5. The van der Waals surface area contributed by atoms with E-state index in [1.54, 1.807) is 6.92 Å². The Hall–Kier alpha value is -3.31. The third-order valence-electron chi connectivity index (χ3n) is 7.06. The van der Waals surface area contributed by atoms with E-state index in [4.69, 9.17) is 17.2 Å². The first-order chi connectivity index (χ1) is 14.3. The highest BCUT2D eigenvalue weighted by molar-refractivity contribution is 6.32. The molecule has 0 radical (unpaired) electrons. The maximum Gasteiger partial charge on any atom is 0.235 e. The maximum atomic E-state index is 13.4. The Morgan fingerprint density at radius 2 is 1.74 bits per heavy atom. The predicted octanol–water partition coefficient (Wildman–Crippen LogP) is -1.98. The SMILES string of the molecule is C[C@@H]1c2c(N)cc(N)c(O)c2C(=O)C2C(=O)[C@]3(O)C(=O)C(C(N)=O)C(=O)[C@H](O)[C@@H]3C[C@@H]21. The van der Waals surface area contributed by atoms with Crippen LogP contribution in [0.5, 0.6) is 5.75 Å². The quantitative estimate of drug-likeness (QED) is 0.124. The molecule has 4 rings (SSSR count). The van der Waals surface area contributed by atoms with Crippen molar-refractivity contribution in [3.63, 3.8) is 0 Å². The fraction of sp³-hybridized carbons (Fsp3) is 0.450.